The molecule has 0 saturated heterocycles. The van der Waals surface area contributed by atoms with Crippen LogP contribution in [0.1, 0.15) is 46.5 Å². The molecule has 0 aliphatic carbocycles. The minimum atomic E-state index is 0.842. The van der Waals surface area contributed by atoms with Gasteiger partial charge in [0, 0.05) is 0 Å². The molecule has 0 aliphatic rings. The molecule has 70 valence electrons. The standard InChI is InChI=1S/C12H22/c1-5-7-11(3)9-10-12(4)8-6-2/h5,9,12H,1,6-8,10H2,2-4H3. The van der Waals surface area contributed by atoms with Crippen molar-refractivity contribution >= 4 is 0 Å². The van der Waals surface area contributed by atoms with Crippen LogP contribution in [0.4, 0.5) is 0 Å². The average Bonchev–Trinajstić information content (AvgIpc) is 2.02. The minimum absolute atomic E-state index is 0.842. The molecule has 1 unspecified atom stereocenters. The molecule has 1 atom stereocenters. The molecule has 12 heavy (non-hydrogen) atoms. The summed E-state index contributed by atoms with van der Waals surface area (Å²) in [7, 11) is 0. The van der Waals surface area contributed by atoms with E-state index in [1.165, 1.54) is 24.8 Å². The van der Waals surface area contributed by atoms with E-state index in [1.807, 2.05) is 6.08 Å². The quantitative estimate of drug-likeness (QED) is 0.515. The van der Waals surface area contributed by atoms with Gasteiger partial charge in [-0.2, -0.15) is 0 Å². The third-order valence-electron chi connectivity index (χ3n) is 2.12. The van der Waals surface area contributed by atoms with Crippen LogP contribution in [0.25, 0.3) is 0 Å². The van der Waals surface area contributed by atoms with E-state index in [0.29, 0.717) is 0 Å². The Balaban J connectivity index is 3.62. The second-order valence-electron chi connectivity index (χ2n) is 3.67. The van der Waals surface area contributed by atoms with Crippen LogP contribution in [0.2, 0.25) is 0 Å². The van der Waals surface area contributed by atoms with Crippen molar-refractivity contribution in [1.82, 2.24) is 0 Å². The zero-order valence-corrected chi connectivity index (χ0v) is 8.77. The van der Waals surface area contributed by atoms with Gasteiger partial charge in [0.2, 0.25) is 0 Å². The summed E-state index contributed by atoms with van der Waals surface area (Å²) in [5.74, 6) is 0.842. The molecule has 0 spiro atoms. The average molecular weight is 166 g/mol. The first-order valence-electron chi connectivity index (χ1n) is 4.97. The number of hydrogen-bond acceptors (Lipinski definition) is 0. The van der Waals surface area contributed by atoms with Gasteiger partial charge >= 0.3 is 0 Å². The van der Waals surface area contributed by atoms with Gasteiger partial charge in [0.1, 0.15) is 0 Å². The minimum Gasteiger partial charge on any atom is -0.103 e. The van der Waals surface area contributed by atoms with Crippen LogP contribution in [-0.2, 0) is 0 Å². The first-order valence-corrected chi connectivity index (χ1v) is 4.97. The van der Waals surface area contributed by atoms with Gasteiger partial charge in [-0.15, -0.1) is 6.58 Å². The predicted octanol–water partition coefficient (Wildman–Crippen LogP) is 4.34. The summed E-state index contributed by atoms with van der Waals surface area (Å²) in [5.41, 5.74) is 1.45. The normalized spacial score (nSPS) is 14.4. The summed E-state index contributed by atoms with van der Waals surface area (Å²) in [6, 6.07) is 0. The Morgan fingerprint density at radius 2 is 2.17 bits per heavy atom. The number of allylic oxidation sites excluding steroid dienone is 3. The Labute approximate surface area is 77.4 Å². The van der Waals surface area contributed by atoms with Gasteiger partial charge in [-0.1, -0.05) is 44.4 Å². The Kier molecular flexibility index (Phi) is 6.84. The van der Waals surface area contributed by atoms with Gasteiger partial charge in [-0.3, -0.25) is 0 Å². The molecule has 0 saturated carbocycles. The number of hydrogen-bond donors (Lipinski definition) is 0. The maximum Gasteiger partial charge on any atom is -0.0144 e. The highest BCUT2D eigenvalue weighted by Crippen LogP contribution is 2.12. The van der Waals surface area contributed by atoms with Crippen LogP contribution in [-0.4, -0.2) is 0 Å². The van der Waals surface area contributed by atoms with E-state index in [2.05, 4.69) is 33.4 Å². The lowest BCUT2D eigenvalue weighted by Crippen LogP contribution is -1.91. The molecular weight excluding hydrogens is 144 g/mol. The van der Waals surface area contributed by atoms with Crippen molar-refractivity contribution in [3.63, 3.8) is 0 Å². The summed E-state index contributed by atoms with van der Waals surface area (Å²) in [6.07, 6.45) is 9.23. The second-order valence-corrected chi connectivity index (χ2v) is 3.67. The molecular formula is C12H22. The van der Waals surface area contributed by atoms with Crippen LogP contribution in [0.3, 0.4) is 0 Å². The molecule has 0 aromatic heterocycles. The highest BCUT2D eigenvalue weighted by atomic mass is 14.0. The third-order valence-corrected chi connectivity index (χ3v) is 2.12. The summed E-state index contributed by atoms with van der Waals surface area (Å²) in [6.45, 7) is 10.5. The molecule has 0 fully saturated rings. The molecule has 0 heterocycles. The highest BCUT2D eigenvalue weighted by molar-refractivity contribution is 5.02. The zero-order valence-electron chi connectivity index (χ0n) is 8.77. The maximum atomic E-state index is 3.72. The largest absolute Gasteiger partial charge is 0.103 e. The lowest BCUT2D eigenvalue weighted by Gasteiger charge is -2.06. The van der Waals surface area contributed by atoms with Crippen molar-refractivity contribution in [3.8, 4) is 0 Å². The first-order chi connectivity index (χ1) is 5.70. The highest BCUT2D eigenvalue weighted by Gasteiger charge is 1.97. The predicted molar refractivity (Wildman–Crippen MR) is 57.3 cm³/mol. The van der Waals surface area contributed by atoms with E-state index >= 15 is 0 Å². The summed E-state index contributed by atoms with van der Waals surface area (Å²) in [5, 5.41) is 0. The van der Waals surface area contributed by atoms with Crippen LogP contribution < -0.4 is 0 Å². The van der Waals surface area contributed by atoms with Crippen molar-refractivity contribution in [2.45, 2.75) is 46.5 Å². The molecule has 0 nitrogen and oxygen atoms in total. The molecule has 0 aromatic carbocycles. The van der Waals surface area contributed by atoms with Crippen LogP contribution in [0.15, 0.2) is 24.3 Å². The lowest BCUT2D eigenvalue weighted by atomic mass is 10.0. The van der Waals surface area contributed by atoms with Crippen LogP contribution >= 0.6 is 0 Å². The van der Waals surface area contributed by atoms with Gasteiger partial charge in [0.05, 0.1) is 0 Å². The topological polar surface area (TPSA) is 0 Å². The first kappa shape index (κ1) is 11.5. The Hall–Kier alpha value is -0.520. The van der Waals surface area contributed by atoms with E-state index in [9.17, 15) is 0 Å². The maximum absolute atomic E-state index is 3.72. The van der Waals surface area contributed by atoms with Crippen molar-refractivity contribution in [3.05, 3.63) is 24.3 Å². The molecule has 0 bridgehead atoms. The Morgan fingerprint density at radius 1 is 1.50 bits per heavy atom. The van der Waals surface area contributed by atoms with E-state index in [4.69, 9.17) is 0 Å². The summed E-state index contributed by atoms with van der Waals surface area (Å²) < 4.78 is 0. The summed E-state index contributed by atoms with van der Waals surface area (Å²) >= 11 is 0. The van der Waals surface area contributed by atoms with Crippen molar-refractivity contribution in [2.75, 3.05) is 0 Å². The number of rotatable bonds is 6. The fourth-order valence-electron chi connectivity index (χ4n) is 1.32. The van der Waals surface area contributed by atoms with Gasteiger partial charge in [0.15, 0.2) is 0 Å². The zero-order chi connectivity index (χ0) is 9.40. The van der Waals surface area contributed by atoms with Gasteiger partial charge in [-0.25, -0.2) is 0 Å². The molecule has 0 aromatic rings. The van der Waals surface area contributed by atoms with Crippen molar-refractivity contribution in [1.29, 1.82) is 0 Å². The smallest absolute Gasteiger partial charge is 0.0144 e. The fourth-order valence-corrected chi connectivity index (χ4v) is 1.32. The van der Waals surface area contributed by atoms with Gasteiger partial charge < -0.3 is 0 Å². The fraction of sp³-hybridized carbons (Fsp3) is 0.667. The van der Waals surface area contributed by atoms with Crippen LogP contribution in [0.5, 0.6) is 0 Å². The molecule has 0 amide bonds. The monoisotopic (exact) mass is 166 g/mol. The Bertz CT molecular complexity index is 142. The molecule has 0 radical (unpaired) electrons. The van der Waals surface area contributed by atoms with E-state index in [-0.39, 0.29) is 0 Å². The SMILES string of the molecule is C=CCC(C)=CCC(C)CCC. The molecule has 0 rings (SSSR count). The van der Waals surface area contributed by atoms with Gasteiger partial charge in [0.25, 0.3) is 0 Å². The second kappa shape index (κ2) is 7.15. The third kappa shape index (κ3) is 6.21. The van der Waals surface area contributed by atoms with E-state index < -0.39 is 0 Å². The van der Waals surface area contributed by atoms with E-state index in [1.54, 1.807) is 0 Å². The lowest BCUT2D eigenvalue weighted by molar-refractivity contribution is 0.530. The summed E-state index contributed by atoms with van der Waals surface area (Å²) in [4.78, 5) is 0. The van der Waals surface area contributed by atoms with Crippen molar-refractivity contribution < 1.29 is 0 Å². The molecule has 0 heteroatoms. The Morgan fingerprint density at radius 3 is 2.67 bits per heavy atom. The molecule has 0 aliphatic heterocycles. The van der Waals surface area contributed by atoms with Gasteiger partial charge in [-0.05, 0) is 25.7 Å². The van der Waals surface area contributed by atoms with Crippen LogP contribution in [0, 0.1) is 5.92 Å². The van der Waals surface area contributed by atoms with E-state index in [0.717, 1.165) is 12.3 Å². The molecule has 0 N–H and O–H groups in total. The van der Waals surface area contributed by atoms with Crippen molar-refractivity contribution in [2.24, 2.45) is 5.92 Å².